The molecule has 2 N–H and O–H groups in total. The summed E-state index contributed by atoms with van der Waals surface area (Å²) in [6, 6.07) is 21.3. The van der Waals surface area contributed by atoms with Gasteiger partial charge in [0.15, 0.2) is 0 Å². The van der Waals surface area contributed by atoms with E-state index in [1.807, 2.05) is 31.2 Å². The number of nitrogens with zero attached hydrogens (tertiary/aromatic N) is 4. The third-order valence-corrected chi connectivity index (χ3v) is 9.55. The lowest BCUT2D eigenvalue weighted by atomic mass is 9.78. The van der Waals surface area contributed by atoms with Gasteiger partial charge in [0.05, 0.1) is 34.3 Å². The van der Waals surface area contributed by atoms with Crippen molar-refractivity contribution in [3.63, 3.8) is 0 Å². The molecule has 0 spiro atoms. The van der Waals surface area contributed by atoms with Gasteiger partial charge < -0.3 is 19.7 Å². The van der Waals surface area contributed by atoms with Crippen molar-refractivity contribution < 1.29 is 23.8 Å². The number of fused-ring (bicyclic) bond motifs is 5. The molecule has 47 heavy (non-hydrogen) atoms. The first-order chi connectivity index (χ1) is 22.7. The van der Waals surface area contributed by atoms with E-state index in [1.165, 1.54) is 6.07 Å². The molecule has 0 aliphatic carbocycles. The number of likely N-dealkylation sites (tertiary alicyclic amines) is 1. The van der Waals surface area contributed by atoms with Crippen LogP contribution in [-0.2, 0) is 17.9 Å². The fourth-order valence-electron chi connectivity index (χ4n) is 7.22. The van der Waals surface area contributed by atoms with Gasteiger partial charge in [-0.2, -0.15) is 0 Å². The second kappa shape index (κ2) is 12.6. The Kier molecular flexibility index (Phi) is 8.34. The van der Waals surface area contributed by atoms with Crippen molar-refractivity contribution in [1.82, 2.24) is 19.4 Å². The number of aromatic nitrogens is 3. The molecule has 2 aliphatic rings. The van der Waals surface area contributed by atoms with Gasteiger partial charge in [0.1, 0.15) is 28.4 Å². The van der Waals surface area contributed by atoms with Crippen LogP contribution in [0.2, 0.25) is 10.2 Å². The number of carboxylic acid groups (broad SMARTS) is 1. The van der Waals surface area contributed by atoms with E-state index in [0.29, 0.717) is 48.8 Å². The molecule has 7 rings (SSSR count). The molecule has 3 aromatic carbocycles. The maximum Gasteiger partial charge on any atom is 0.335 e. The summed E-state index contributed by atoms with van der Waals surface area (Å²) in [6.45, 7) is 3.36. The van der Waals surface area contributed by atoms with Gasteiger partial charge in [-0.05, 0) is 73.0 Å². The molecule has 2 aromatic heterocycles. The van der Waals surface area contributed by atoms with E-state index in [1.54, 1.807) is 48.5 Å². The number of ether oxygens (including phenoxy) is 1. The Balaban J connectivity index is 1.41. The van der Waals surface area contributed by atoms with Crippen LogP contribution in [0, 0.1) is 5.82 Å². The van der Waals surface area contributed by atoms with Gasteiger partial charge in [-0.1, -0.05) is 53.5 Å². The predicted molar refractivity (Wildman–Crippen MR) is 177 cm³/mol. The third-order valence-electron chi connectivity index (χ3n) is 9.05. The number of hydrogen-bond acceptors (Lipinski definition) is 6. The SMILES string of the molecule is CCOc1cccc(CN2[C@H]3CCn4c(nc5cc(C(=O)O)ccc54)[C@H]3[C@H](c3cccc(Cl)c3F)[C@@H]2C(=O)Nc2cccc(Cl)n2)c1. The monoisotopic (exact) mass is 673 g/mol. The van der Waals surface area contributed by atoms with Crippen LogP contribution in [0.4, 0.5) is 10.2 Å². The molecule has 1 saturated heterocycles. The molecule has 12 heteroatoms. The van der Waals surface area contributed by atoms with Crippen LogP contribution < -0.4 is 10.1 Å². The van der Waals surface area contributed by atoms with Crippen LogP contribution >= 0.6 is 23.2 Å². The lowest BCUT2D eigenvalue weighted by molar-refractivity contribution is -0.121. The molecule has 0 saturated carbocycles. The Hall–Kier alpha value is -4.51. The maximum atomic E-state index is 16.1. The van der Waals surface area contributed by atoms with Crippen LogP contribution in [0.3, 0.4) is 0 Å². The van der Waals surface area contributed by atoms with Crippen molar-refractivity contribution in [3.05, 3.63) is 117 Å². The van der Waals surface area contributed by atoms with Crippen LogP contribution in [0.25, 0.3) is 11.0 Å². The van der Waals surface area contributed by atoms with Crippen LogP contribution in [0.15, 0.2) is 78.9 Å². The minimum Gasteiger partial charge on any atom is -0.494 e. The quantitative estimate of drug-likeness (QED) is 0.169. The maximum absolute atomic E-state index is 16.1. The number of carbonyl (C=O) groups is 2. The number of carbonyl (C=O) groups excluding carboxylic acids is 1. The standard InChI is InChI=1S/C35H30Cl2FN5O4/c1-2-47-21-7-3-6-19(16-21)18-43-26-14-15-42-25-13-12-20(35(45)46)17-24(25)39-33(42)30(26)29(22-8-4-9-23(36)31(22)38)32(43)34(44)41-28-11-5-10-27(37)40-28/h3-13,16-17,26,29-30,32H,2,14-15,18H2,1H3,(H,45,46)(H,40,41,44)/t26-,29-,30+,32+/m0/s1. The fraction of sp³-hybridized carbons (Fsp3) is 0.257. The number of aryl methyl sites for hydroxylation is 1. The average molecular weight is 675 g/mol. The summed E-state index contributed by atoms with van der Waals surface area (Å²) in [4.78, 5) is 37.7. The number of amides is 1. The number of nitrogens with one attached hydrogen (secondary N) is 1. The number of aromatic carboxylic acids is 1. The van der Waals surface area contributed by atoms with Crippen molar-refractivity contribution in [1.29, 1.82) is 0 Å². The first kappa shape index (κ1) is 31.1. The largest absolute Gasteiger partial charge is 0.494 e. The van der Waals surface area contributed by atoms with Crippen LogP contribution in [-0.4, -0.2) is 55.1 Å². The number of halogens is 3. The van der Waals surface area contributed by atoms with Crippen molar-refractivity contribution in [2.24, 2.45) is 0 Å². The molecule has 4 atom stereocenters. The minimum absolute atomic E-state index is 0.0482. The zero-order valence-electron chi connectivity index (χ0n) is 25.2. The average Bonchev–Trinajstić information content (AvgIpc) is 3.58. The molecule has 0 radical (unpaired) electrons. The number of hydrogen-bond donors (Lipinski definition) is 2. The van der Waals surface area contributed by atoms with Crippen LogP contribution in [0.1, 0.15) is 52.5 Å². The summed E-state index contributed by atoms with van der Waals surface area (Å²) in [5.74, 6) is -1.56. The Morgan fingerprint density at radius 1 is 1.02 bits per heavy atom. The first-order valence-electron chi connectivity index (χ1n) is 15.3. The van der Waals surface area contributed by atoms with Crippen molar-refractivity contribution in [2.75, 3.05) is 11.9 Å². The lowest BCUT2D eigenvalue weighted by Gasteiger charge is -2.34. The normalized spacial score (nSPS) is 20.5. The van der Waals surface area contributed by atoms with Crippen molar-refractivity contribution in [3.8, 4) is 5.75 Å². The molecule has 4 heterocycles. The van der Waals surface area contributed by atoms with Gasteiger partial charge >= 0.3 is 5.97 Å². The number of imidazole rings is 1. The second-order valence-corrected chi connectivity index (χ2v) is 12.5. The van der Waals surface area contributed by atoms with Crippen molar-refractivity contribution >= 4 is 51.9 Å². The first-order valence-corrected chi connectivity index (χ1v) is 16.1. The highest BCUT2D eigenvalue weighted by atomic mass is 35.5. The molecule has 2 aliphatic heterocycles. The molecule has 240 valence electrons. The lowest BCUT2D eigenvalue weighted by Crippen LogP contribution is -2.45. The molecule has 9 nitrogen and oxygen atoms in total. The summed E-state index contributed by atoms with van der Waals surface area (Å²) >= 11 is 12.5. The Bertz CT molecular complexity index is 2020. The highest BCUT2D eigenvalue weighted by molar-refractivity contribution is 6.30. The van der Waals surface area contributed by atoms with Gasteiger partial charge in [0.2, 0.25) is 5.91 Å². The molecular formula is C35H30Cl2FN5O4. The second-order valence-electron chi connectivity index (χ2n) is 11.7. The number of carboxylic acids is 1. The van der Waals surface area contributed by atoms with E-state index in [-0.39, 0.29) is 33.5 Å². The summed E-state index contributed by atoms with van der Waals surface area (Å²) < 4.78 is 24.0. The van der Waals surface area contributed by atoms with E-state index in [4.69, 9.17) is 32.9 Å². The zero-order chi connectivity index (χ0) is 32.8. The van der Waals surface area contributed by atoms with E-state index in [9.17, 15) is 14.7 Å². The smallest absolute Gasteiger partial charge is 0.335 e. The van der Waals surface area contributed by atoms with Crippen LogP contribution in [0.5, 0.6) is 5.75 Å². The highest BCUT2D eigenvalue weighted by Crippen LogP contribution is 2.53. The Labute approximate surface area is 279 Å². The summed E-state index contributed by atoms with van der Waals surface area (Å²) in [5, 5.41) is 12.8. The van der Waals surface area contributed by atoms with Gasteiger partial charge in [-0.15, -0.1) is 0 Å². The van der Waals surface area contributed by atoms with Gasteiger partial charge in [0.25, 0.3) is 0 Å². The summed E-state index contributed by atoms with van der Waals surface area (Å²) in [7, 11) is 0. The predicted octanol–water partition coefficient (Wildman–Crippen LogP) is 7.14. The van der Waals surface area contributed by atoms with Gasteiger partial charge in [-0.3, -0.25) is 9.69 Å². The summed E-state index contributed by atoms with van der Waals surface area (Å²) in [6.07, 6.45) is 0.632. The topological polar surface area (TPSA) is 110 Å². The highest BCUT2D eigenvalue weighted by Gasteiger charge is 2.56. The molecule has 1 amide bonds. The number of pyridine rings is 1. The zero-order valence-corrected chi connectivity index (χ0v) is 26.7. The fourth-order valence-corrected chi connectivity index (χ4v) is 7.57. The number of rotatable bonds is 8. The summed E-state index contributed by atoms with van der Waals surface area (Å²) in [5.41, 5.74) is 2.64. The Morgan fingerprint density at radius 3 is 2.62 bits per heavy atom. The van der Waals surface area contributed by atoms with Crippen molar-refractivity contribution in [2.45, 2.75) is 50.4 Å². The molecule has 0 bridgehead atoms. The minimum atomic E-state index is -1.05. The van der Waals surface area contributed by atoms with E-state index in [0.717, 1.165) is 11.1 Å². The van der Waals surface area contributed by atoms with E-state index < -0.39 is 29.7 Å². The van der Waals surface area contributed by atoms with E-state index >= 15 is 4.39 Å². The van der Waals surface area contributed by atoms with Gasteiger partial charge in [-0.25, -0.2) is 19.2 Å². The third kappa shape index (κ3) is 5.71. The number of anilines is 1. The van der Waals surface area contributed by atoms with Gasteiger partial charge in [0, 0.05) is 31.0 Å². The van der Waals surface area contributed by atoms with E-state index in [2.05, 4.69) is 19.8 Å². The molecule has 0 unspecified atom stereocenters. The number of benzene rings is 3. The molecule has 5 aromatic rings. The molecular weight excluding hydrogens is 644 g/mol. The Morgan fingerprint density at radius 2 is 1.83 bits per heavy atom. The molecule has 1 fully saturated rings.